The molecule has 1 saturated heterocycles. The standard InChI is InChI=1S/C11H20N4OS/c1-15-5-3-4-9(7-15)6-12-11-13-10(8-16-2)14-17-11/h9H,3-8H2,1-2H3,(H,12,13,14). The van der Waals surface area contributed by atoms with E-state index < -0.39 is 0 Å². The van der Waals surface area contributed by atoms with Crippen LogP contribution in [0.15, 0.2) is 0 Å². The molecule has 1 aromatic heterocycles. The highest BCUT2D eigenvalue weighted by molar-refractivity contribution is 7.09. The van der Waals surface area contributed by atoms with E-state index in [1.165, 1.54) is 37.5 Å². The molecule has 6 heteroatoms. The molecule has 1 aromatic rings. The van der Waals surface area contributed by atoms with Gasteiger partial charge < -0.3 is 15.0 Å². The summed E-state index contributed by atoms with van der Waals surface area (Å²) >= 11 is 1.41. The second-order valence-corrected chi connectivity index (χ2v) is 5.35. The Bertz CT molecular complexity index is 344. The van der Waals surface area contributed by atoms with E-state index >= 15 is 0 Å². The first-order valence-corrected chi connectivity index (χ1v) is 6.79. The second-order valence-electron chi connectivity index (χ2n) is 4.60. The summed E-state index contributed by atoms with van der Waals surface area (Å²) in [5, 5.41) is 4.28. The van der Waals surface area contributed by atoms with E-state index in [0.717, 1.165) is 23.4 Å². The van der Waals surface area contributed by atoms with Crippen molar-refractivity contribution in [2.75, 3.05) is 39.1 Å². The average Bonchev–Trinajstić information content (AvgIpc) is 2.75. The van der Waals surface area contributed by atoms with Crippen molar-refractivity contribution in [3.8, 4) is 0 Å². The van der Waals surface area contributed by atoms with Crippen LogP contribution in [0.5, 0.6) is 0 Å². The van der Waals surface area contributed by atoms with Crippen molar-refractivity contribution >= 4 is 16.7 Å². The Hall–Kier alpha value is -0.720. The molecule has 1 aliphatic rings. The highest BCUT2D eigenvalue weighted by atomic mass is 32.1. The van der Waals surface area contributed by atoms with Gasteiger partial charge in [-0.3, -0.25) is 0 Å². The summed E-state index contributed by atoms with van der Waals surface area (Å²) in [4.78, 5) is 6.76. The highest BCUT2D eigenvalue weighted by Crippen LogP contribution is 2.17. The summed E-state index contributed by atoms with van der Waals surface area (Å²) in [6, 6.07) is 0. The summed E-state index contributed by atoms with van der Waals surface area (Å²) in [6.07, 6.45) is 2.61. The quantitative estimate of drug-likeness (QED) is 0.864. The summed E-state index contributed by atoms with van der Waals surface area (Å²) in [7, 11) is 3.85. The third kappa shape index (κ3) is 3.90. The number of rotatable bonds is 5. The van der Waals surface area contributed by atoms with Gasteiger partial charge in [-0.15, -0.1) is 0 Å². The van der Waals surface area contributed by atoms with Crippen LogP contribution in [-0.4, -0.2) is 48.0 Å². The van der Waals surface area contributed by atoms with E-state index in [1.807, 2.05) is 0 Å². The zero-order valence-electron chi connectivity index (χ0n) is 10.5. The van der Waals surface area contributed by atoms with Gasteiger partial charge >= 0.3 is 0 Å². The van der Waals surface area contributed by atoms with Crippen molar-refractivity contribution < 1.29 is 4.74 Å². The molecule has 2 heterocycles. The predicted octanol–water partition coefficient (Wildman–Crippen LogP) is 1.44. The Morgan fingerprint density at radius 2 is 2.47 bits per heavy atom. The highest BCUT2D eigenvalue weighted by Gasteiger charge is 2.17. The molecular weight excluding hydrogens is 236 g/mol. The third-order valence-corrected chi connectivity index (χ3v) is 3.72. The lowest BCUT2D eigenvalue weighted by Crippen LogP contribution is -2.35. The van der Waals surface area contributed by atoms with E-state index in [1.54, 1.807) is 7.11 Å². The van der Waals surface area contributed by atoms with Gasteiger partial charge in [0.2, 0.25) is 5.13 Å². The maximum Gasteiger partial charge on any atom is 0.202 e. The molecule has 5 nitrogen and oxygen atoms in total. The molecular formula is C11H20N4OS. The first-order chi connectivity index (χ1) is 8.28. The van der Waals surface area contributed by atoms with Gasteiger partial charge in [-0.2, -0.15) is 4.37 Å². The Labute approximate surface area is 106 Å². The zero-order chi connectivity index (χ0) is 12.1. The molecule has 1 fully saturated rings. The first-order valence-electron chi connectivity index (χ1n) is 6.02. The minimum Gasteiger partial charge on any atom is -0.377 e. The van der Waals surface area contributed by atoms with Crippen molar-refractivity contribution in [1.82, 2.24) is 14.3 Å². The Morgan fingerprint density at radius 3 is 3.24 bits per heavy atom. The maximum absolute atomic E-state index is 5.00. The molecule has 0 spiro atoms. The fraction of sp³-hybridized carbons (Fsp3) is 0.818. The fourth-order valence-corrected chi connectivity index (χ4v) is 2.76. The normalized spacial score (nSPS) is 21.6. The maximum atomic E-state index is 5.00. The predicted molar refractivity (Wildman–Crippen MR) is 69.3 cm³/mol. The molecule has 0 aliphatic carbocycles. The van der Waals surface area contributed by atoms with E-state index in [0.29, 0.717) is 6.61 Å². The number of aromatic nitrogens is 2. The molecule has 17 heavy (non-hydrogen) atoms. The van der Waals surface area contributed by atoms with Crippen LogP contribution in [0.2, 0.25) is 0 Å². The number of anilines is 1. The summed E-state index contributed by atoms with van der Waals surface area (Å²) in [5.41, 5.74) is 0. The van der Waals surface area contributed by atoms with Gasteiger partial charge in [-0.25, -0.2) is 4.98 Å². The van der Waals surface area contributed by atoms with E-state index in [2.05, 4.69) is 26.6 Å². The van der Waals surface area contributed by atoms with Crippen LogP contribution in [0.1, 0.15) is 18.7 Å². The number of hydrogen-bond donors (Lipinski definition) is 1. The number of piperidine rings is 1. The van der Waals surface area contributed by atoms with Crippen molar-refractivity contribution in [3.63, 3.8) is 0 Å². The smallest absolute Gasteiger partial charge is 0.202 e. The van der Waals surface area contributed by atoms with Gasteiger partial charge in [0, 0.05) is 31.7 Å². The molecule has 2 rings (SSSR count). The Morgan fingerprint density at radius 1 is 1.59 bits per heavy atom. The van der Waals surface area contributed by atoms with Gasteiger partial charge in [0.15, 0.2) is 5.82 Å². The molecule has 0 radical (unpaired) electrons. The average molecular weight is 256 g/mol. The molecule has 1 unspecified atom stereocenters. The molecule has 0 amide bonds. The lowest BCUT2D eigenvalue weighted by atomic mass is 9.99. The van der Waals surface area contributed by atoms with Gasteiger partial charge in [0.1, 0.15) is 6.61 Å². The number of likely N-dealkylation sites (tertiary alicyclic amines) is 1. The van der Waals surface area contributed by atoms with Crippen molar-refractivity contribution in [3.05, 3.63) is 5.82 Å². The van der Waals surface area contributed by atoms with Crippen LogP contribution in [0.3, 0.4) is 0 Å². The molecule has 1 N–H and O–H groups in total. The van der Waals surface area contributed by atoms with Crippen LogP contribution in [0, 0.1) is 5.92 Å². The monoisotopic (exact) mass is 256 g/mol. The van der Waals surface area contributed by atoms with Gasteiger partial charge in [0.05, 0.1) is 0 Å². The number of hydrogen-bond acceptors (Lipinski definition) is 6. The molecule has 0 aromatic carbocycles. The topological polar surface area (TPSA) is 50.3 Å². The van der Waals surface area contributed by atoms with E-state index in [4.69, 9.17) is 4.74 Å². The second kappa shape index (κ2) is 6.28. The summed E-state index contributed by atoms with van der Waals surface area (Å²) in [5.74, 6) is 1.49. The molecule has 0 saturated carbocycles. The minimum atomic E-state index is 0.490. The van der Waals surface area contributed by atoms with Crippen LogP contribution in [-0.2, 0) is 11.3 Å². The van der Waals surface area contributed by atoms with Crippen LogP contribution < -0.4 is 5.32 Å². The number of ether oxygens (including phenoxy) is 1. The SMILES string of the molecule is COCc1nsc(NCC2CCCN(C)C2)n1. The minimum absolute atomic E-state index is 0.490. The lowest BCUT2D eigenvalue weighted by Gasteiger charge is -2.29. The summed E-state index contributed by atoms with van der Waals surface area (Å²) < 4.78 is 9.21. The van der Waals surface area contributed by atoms with E-state index in [-0.39, 0.29) is 0 Å². The molecule has 96 valence electrons. The van der Waals surface area contributed by atoms with Crippen LogP contribution in [0.4, 0.5) is 5.13 Å². The Balaban J connectivity index is 1.76. The Kier molecular flexibility index (Phi) is 4.70. The van der Waals surface area contributed by atoms with Gasteiger partial charge in [-0.05, 0) is 32.4 Å². The lowest BCUT2D eigenvalue weighted by molar-refractivity contribution is 0.179. The van der Waals surface area contributed by atoms with Crippen molar-refractivity contribution in [2.45, 2.75) is 19.4 Å². The van der Waals surface area contributed by atoms with Crippen molar-refractivity contribution in [2.24, 2.45) is 5.92 Å². The number of methoxy groups -OCH3 is 1. The molecule has 1 atom stereocenters. The molecule has 0 bridgehead atoms. The summed E-state index contributed by atoms with van der Waals surface area (Å²) in [6.45, 7) is 3.89. The first kappa shape index (κ1) is 12.7. The number of nitrogens with zero attached hydrogens (tertiary/aromatic N) is 3. The fourth-order valence-electron chi connectivity index (χ4n) is 2.18. The zero-order valence-corrected chi connectivity index (χ0v) is 11.3. The van der Waals surface area contributed by atoms with Crippen LogP contribution >= 0.6 is 11.5 Å². The largest absolute Gasteiger partial charge is 0.377 e. The van der Waals surface area contributed by atoms with Gasteiger partial charge in [0.25, 0.3) is 0 Å². The van der Waals surface area contributed by atoms with Crippen molar-refractivity contribution in [1.29, 1.82) is 0 Å². The van der Waals surface area contributed by atoms with Crippen LogP contribution in [0.25, 0.3) is 0 Å². The third-order valence-electron chi connectivity index (χ3n) is 3.01. The van der Waals surface area contributed by atoms with Gasteiger partial charge in [-0.1, -0.05) is 0 Å². The number of nitrogens with one attached hydrogen (secondary N) is 1. The molecule has 1 aliphatic heterocycles. The van der Waals surface area contributed by atoms with E-state index in [9.17, 15) is 0 Å².